The van der Waals surface area contributed by atoms with Gasteiger partial charge in [0.05, 0.1) is 13.2 Å². The molecule has 25 heavy (non-hydrogen) atoms. The zero-order valence-corrected chi connectivity index (χ0v) is 16.4. The highest BCUT2D eigenvalue weighted by Crippen LogP contribution is 2.38. The molecule has 0 aromatic heterocycles. The summed E-state index contributed by atoms with van der Waals surface area (Å²) in [6.07, 6.45) is 2.38. The first-order valence-electron chi connectivity index (χ1n) is 9.31. The van der Waals surface area contributed by atoms with E-state index in [1.54, 1.807) is 0 Å². The molecule has 0 aliphatic carbocycles. The zero-order valence-electron chi connectivity index (χ0n) is 15.6. The molecule has 0 radical (unpaired) electrons. The van der Waals surface area contributed by atoms with Crippen molar-refractivity contribution in [3.63, 3.8) is 0 Å². The van der Waals surface area contributed by atoms with E-state index in [0.717, 1.165) is 50.4 Å². The van der Waals surface area contributed by atoms with Gasteiger partial charge in [0, 0.05) is 42.1 Å². The van der Waals surface area contributed by atoms with Crippen LogP contribution in [0.25, 0.3) is 0 Å². The zero-order chi connectivity index (χ0) is 17.9. The lowest BCUT2D eigenvalue weighted by molar-refractivity contribution is 0.156. The van der Waals surface area contributed by atoms with Crippen molar-refractivity contribution in [1.29, 1.82) is 0 Å². The largest absolute Gasteiger partial charge is 0.381 e. The predicted molar refractivity (Wildman–Crippen MR) is 105 cm³/mol. The Hall–Kier alpha value is -1.26. The first-order chi connectivity index (χ1) is 11.9. The Morgan fingerprint density at radius 1 is 1.40 bits per heavy atom. The minimum absolute atomic E-state index is 0.0561. The van der Waals surface area contributed by atoms with Gasteiger partial charge in [0.15, 0.2) is 5.96 Å². The number of guanidine groups is 1. The van der Waals surface area contributed by atoms with E-state index in [2.05, 4.69) is 37.1 Å². The van der Waals surface area contributed by atoms with Crippen molar-refractivity contribution in [3.05, 3.63) is 34.9 Å². The fourth-order valence-electron chi connectivity index (χ4n) is 3.79. The van der Waals surface area contributed by atoms with Crippen molar-refractivity contribution in [3.8, 4) is 0 Å². The fourth-order valence-corrected chi connectivity index (χ4v) is 3.98. The second-order valence-electron chi connectivity index (χ2n) is 8.04. The lowest BCUT2D eigenvalue weighted by Crippen LogP contribution is -2.42. The van der Waals surface area contributed by atoms with Gasteiger partial charge in [-0.3, -0.25) is 4.99 Å². The van der Waals surface area contributed by atoms with Crippen LogP contribution in [0.15, 0.2) is 29.3 Å². The van der Waals surface area contributed by atoms with Gasteiger partial charge in [0.25, 0.3) is 0 Å². The number of likely N-dealkylation sites (tertiary alicyclic amines) is 1. The maximum absolute atomic E-state index is 6.17. The molecule has 1 atom stereocenters. The molecule has 4 nitrogen and oxygen atoms in total. The summed E-state index contributed by atoms with van der Waals surface area (Å²) in [6.45, 7) is 12.1. The monoisotopic (exact) mass is 363 g/mol. The minimum atomic E-state index is -0.0561. The third-order valence-corrected chi connectivity index (χ3v) is 5.72. The van der Waals surface area contributed by atoms with E-state index in [4.69, 9.17) is 21.3 Å². The third-order valence-electron chi connectivity index (χ3n) is 5.49. The van der Waals surface area contributed by atoms with Gasteiger partial charge < -0.3 is 15.0 Å². The molecule has 0 bridgehead atoms. The summed E-state index contributed by atoms with van der Waals surface area (Å²) in [5, 5.41) is 4.26. The van der Waals surface area contributed by atoms with Crippen LogP contribution >= 0.6 is 11.6 Å². The number of nitrogens with one attached hydrogen (secondary N) is 1. The van der Waals surface area contributed by atoms with E-state index >= 15 is 0 Å². The smallest absolute Gasteiger partial charge is 0.193 e. The van der Waals surface area contributed by atoms with Crippen molar-refractivity contribution in [2.45, 2.75) is 39.0 Å². The number of ether oxygens (including phenoxy) is 1. The second-order valence-corrected chi connectivity index (χ2v) is 8.47. The molecule has 1 aromatic rings. The SMILES string of the molecule is CCNC(=NCC(C)(C)c1cccc(Cl)c1)N1CCC2(CCOC2)C1. The average molecular weight is 364 g/mol. The molecular formula is C20H30ClN3O. The summed E-state index contributed by atoms with van der Waals surface area (Å²) < 4.78 is 5.65. The number of aliphatic imine (C=N–C) groups is 1. The van der Waals surface area contributed by atoms with Crippen LogP contribution in [0.1, 0.15) is 39.2 Å². The van der Waals surface area contributed by atoms with Crippen molar-refractivity contribution < 1.29 is 4.74 Å². The van der Waals surface area contributed by atoms with Crippen molar-refractivity contribution in [2.24, 2.45) is 10.4 Å². The van der Waals surface area contributed by atoms with Gasteiger partial charge in [-0.2, -0.15) is 0 Å². The molecule has 5 heteroatoms. The summed E-state index contributed by atoms with van der Waals surface area (Å²) in [7, 11) is 0. The number of hydrogen-bond donors (Lipinski definition) is 1. The number of halogens is 1. The van der Waals surface area contributed by atoms with Crippen LogP contribution < -0.4 is 5.32 Å². The van der Waals surface area contributed by atoms with E-state index in [0.29, 0.717) is 5.41 Å². The lowest BCUT2D eigenvalue weighted by atomic mass is 9.85. The van der Waals surface area contributed by atoms with Crippen molar-refractivity contribution >= 4 is 17.6 Å². The van der Waals surface area contributed by atoms with E-state index in [9.17, 15) is 0 Å². The molecule has 1 aromatic carbocycles. The fraction of sp³-hybridized carbons (Fsp3) is 0.650. The van der Waals surface area contributed by atoms with Crippen LogP contribution in [0.5, 0.6) is 0 Å². The molecule has 0 saturated carbocycles. The number of hydrogen-bond acceptors (Lipinski definition) is 2. The molecule has 2 aliphatic heterocycles. The quantitative estimate of drug-likeness (QED) is 0.654. The number of nitrogens with zero attached hydrogens (tertiary/aromatic N) is 2. The first kappa shape index (κ1) is 18.5. The minimum Gasteiger partial charge on any atom is -0.381 e. The highest BCUT2D eigenvalue weighted by atomic mass is 35.5. The van der Waals surface area contributed by atoms with E-state index in [1.807, 2.05) is 18.2 Å². The summed E-state index contributed by atoms with van der Waals surface area (Å²) in [4.78, 5) is 7.38. The molecule has 3 rings (SSSR count). The Morgan fingerprint density at radius 2 is 2.24 bits per heavy atom. The normalized spacial score (nSPS) is 24.3. The van der Waals surface area contributed by atoms with Gasteiger partial charge in [-0.05, 0) is 37.5 Å². The second kappa shape index (κ2) is 7.55. The molecule has 2 saturated heterocycles. The number of rotatable bonds is 4. The maximum atomic E-state index is 6.17. The highest BCUT2D eigenvalue weighted by molar-refractivity contribution is 6.30. The Labute approximate surface area is 156 Å². The van der Waals surface area contributed by atoms with Crippen molar-refractivity contribution in [1.82, 2.24) is 10.2 Å². The van der Waals surface area contributed by atoms with Crippen LogP contribution in [0, 0.1) is 5.41 Å². The molecular weight excluding hydrogens is 334 g/mol. The molecule has 2 fully saturated rings. The lowest BCUT2D eigenvalue weighted by Gasteiger charge is -2.27. The molecule has 1 spiro atoms. The van der Waals surface area contributed by atoms with Crippen LogP contribution in [0.3, 0.4) is 0 Å². The van der Waals surface area contributed by atoms with Gasteiger partial charge in [-0.25, -0.2) is 0 Å². The van der Waals surface area contributed by atoms with E-state index < -0.39 is 0 Å². The van der Waals surface area contributed by atoms with E-state index in [1.165, 1.54) is 18.4 Å². The summed E-state index contributed by atoms with van der Waals surface area (Å²) in [5.41, 5.74) is 1.51. The van der Waals surface area contributed by atoms with Gasteiger partial charge in [-0.15, -0.1) is 0 Å². The predicted octanol–water partition coefficient (Wildman–Crippen LogP) is 3.70. The highest BCUT2D eigenvalue weighted by Gasteiger charge is 2.42. The average Bonchev–Trinajstić information content (AvgIpc) is 3.22. The molecule has 1 N–H and O–H groups in total. The molecule has 138 valence electrons. The van der Waals surface area contributed by atoms with Gasteiger partial charge in [-0.1, -0.05) is 37.6 Å². The Bertz CT molecular complexity index is 623. The third kappa shape index (κ3) is 4.29. The molecule has 2 aliphatic rings. The molecule has 0 amide bonds. The maximum Gasteiger partial charge on any atom is 0.193 e. The van der Waals surface area contributed by atoms with Gasteiger partial charge in [0.1, 0.15) is 0 Å². The van der Waals surface area contributed by atoms with Crippen LogP contribution in [-0.4, -0.2) is 50.3 Å². The summed E-state index contributed by atoms with van der Waals surface area (Å²) >= 11 is 6.17. The van der Waals surface area contributed by atoms with Crippen molar-refractivity contribution in [2.75, 3.05) is 39.4 Å². The Kier molecular flexibility index (Phi) is 5.59. The van der Waals surface area contributed by atoms with Crippen LogP contribution in [0.2, 0.25) is 5.02 Å². The summed E-state index contributed by atoms with van der Waals surface area (Å²) in [5.74, 6) is 1.03. The molecule has 1 unspecified atom stereocenters. The first-order valence-corrected chi connectivity index (χ1v) is 9.69. The standard InChI is InChI=1S/C20H30ClN3O/c1-4-22-18(24-10-8-20(14-24)9-11-25-15-20)23-13-19(2,3)16-6-5-7-17(21)12-16/h5-7,12H,4,8-11,13-15H2,1-3H3,(H,22,23). The topological polar surface area (TPSA) is 36.9 Å². The Morgan fingerprint density at radius 3 is 2.92 bits per heavy atom. The van der Waals surface area contributed by atoms with Gasteiger partial charge in [0.2, 0.25) is 0 Å². The summed E-state index contributed by atoms with van der Waals surface area (Å²) in [6, 6.07) is 8.11. The number of benzene rings is 1. The molecule has 2 heterocycles. The van der Waals surface area contributed by atoms with Gasteiger partial charge >= 0.3 is 0 Å². The van der Waals surface area contributed by atoms with Crippen LogP contribution in [-0.2, 0) is 10.2 Å². The van der Waals surface area contributed by atoms with Crippen LogP contribution in [0.4, 0.5) is 0 Å². The Balaban J connectivity index is 1.72. The van der Waals surface area contributed by atoms with E-state index in [-0.39, 0.29) is 5.41 Å².